The van der Waals surface area contributed by atoms with Gasteiger partial charge in [0.25, 0.3) is 6.43 Å². The number of pyridine rings is 1. The predicted octanol–water partition coefficient (Wildman–Crippen LogP) is 2.32. The van der Waals surface area contributed by atoms with Gasteiger partial charge < -0.3 is 4.74 Å². The third kappa shape index (κ3) is 2.84. The summed E-state index contributed by atoms with van der Waals surface area (Å²) in [5.41, 5.74) is -2.60. The lowest BCUT2D eigenvalue weighted by Gasteiger charge is -2.06. The van der Waals surface area contributed by atoms with Crippen molar-refractivity contribution < 1.29 is 23.2 Å². The number of carbonyl (C=O) groups excluding carboxylic acids is 1. The average molecular weight is 358 g/mol. The van der Waals surface area contributed by atoms with Crippen LogP contribution in [-0.4, -0.2) is 23.0 Å². The van der Waals surface area contributed by atoms with E-state index in [1.165, 1.54) is 0 Å². The molecule has 0 aliphatic rings. The van der Waals surface area contributed by atoms with Crippen LogP contribution in [0.15, 0.2) is 6.07 Å². The minimum absolute atomic E-state index is 0.0453. The van der Waals surface area contributed by atoms with Gasteiger partial charge in [-0.05, 0) is 28.7 Å². The Balaban J connectivity index is 3.57. The van der Waals surface area contributed by atoms with Gasteiger partial charge in [0.15, 0.2) is 5.69 Å². The highest BCUT2D eigenvalue weighted by Crippen LogP contribution is 2.31. The highest BCUT2D eigenvalue weighted by atomic mass is 127. The second-order valence-corrected chi connectivity index (χ2v) is 3.88. The molecule has 1 aromatic heterocycles. The Morgan fingerprint density at radius 1 is 1.65 bits per heavy atom. The molecule has 0 N–H and O–H groups in total. The normalized spacial score (nSPS) is 10.4. The van der Waals surface area contributed by atoms with Gasteiger partial charge in [-0.25, -0.2) is 18.6 Å². The van der Waals surface area contributed by atoms with E-state index in [0.717, 1.165) is 13.2 Å². The molecule has 0 bridgehead atoms. The van der Waals surface area contributed by atoms with Crippen LogP contribution in [0.2, 0.25) is 0 Å². The van der Waals surface area contributed by atoms with Crippen molar-refractivity contribution >= 4 is 34.2 Å². The first-order chi connectivity index (χ1) is 7.88. The number of aromatic nitrogens is 1. The number of esters is 1. The number of halogens is 3. The van der Waals surface area contributed by atoms with Gasteiger partial charge in [-0.15, -0.1) is 0 Å². The van der Waals surface area contributed by atoms with Gasteiger partial charge in [0.2, 0.25) is 0 Å². The molecule has 1 heterocycles. The standard InChI is InChI=1S/C8H5F2IN2O4/c1-17-8(14)3-2-4(11)12-5(7(9)10)6(3)13(15)16/h2,7H,1H3. The Hall–Kier alpha value is -1.39. The van der Waals surface area contributed by atoms with E-state index in [2.05, 4.69) is 9.72 Å². The smallest absolute Gasteiger partial charge is 0.345 e. The van der Waals surface area contributed by atoms with E-state index in [1.54, 1.807) is 22.6 Å². The summed E-state index contributed by atoms with van der Waals surface area (Å²) < 4.78 is 29.5. The summed E-state index contributed by atoms with van der Waals surface area (Å²) in [5.74, 6) is -1.06. The molecule has 0 amide bonds. The third-order valence-electron chi connectivity index (χ3n) is 1.78. The maximum absolute atomic E-state index is 12.6. The highest BCUT2D eigenvalue weighted by molar-refractivity contribution is 14.1. The second-order valence-electron chi connectivity index (χ2n) is 2.78. The summed E-state index contributed by atoms with van der Waals surface area (Å²) in [6.07, 6.45) is -3.14. The first kappa shape index (κ1) is 13.7. The molecule has 92 valence electrons. The number of ether oxygens (including phenoxy) is 1. The number of methoxy groups -OCH3 is 1. The van der Waals surface area contributed by atoms with E-state index in [-0.39, 0.29) is 3.70 Å². The second kappa shape index (κ2) is 5.29. The van der Waals surface area contributed by atoms with Crippen LogP contribution < -0.4 is 0 Å². The van der Waals surface area contributed by atoms with E-state index in [1.807, 2.05) is 0 Å². The van der Waals surface area contributed by atoms with Crippen molar-refractivity contribution in [3.05, 3.63) is 31.1 Å². The molecule has 0 saturated heterocycles. The lowest BCUT2D eigenvalue weighted by atomic mass is 10.2. The molecule has 0 spiro atoms. The van der Waals surface area contributed by atoms with Crippen LogP contribution in [0.4, 0.5) is 14.5 Å². The van der Waals surface area contributed by atoms with Crippen LogP contribution >= 0.6 is 22.6 Å². The largest absolute Gasteiger partial charge is 0.465 e. The van der Waals surface area contributed by atoms with Crippen molar-refractivity contribution in [2.45, 2.75) is 6.43 Å². The van der Waals surface area contributed by atoms with Crippen molar-refractivity contribution in [3.63, 3.8) is 0 Å². The minimum Gasteiger partial charge on any atom is -0.465 e. The number of carbonyl (C=O) groups is 1. The van der Waals surface area contributed by atoms with Crippen LogP contribution in [0, 0.1) is 13.8 Å². The van der Waals surface area contributed by atoms with Gasteiger partial charge in [-0.1, -0.05) is 0 Å². The summed E-state index contributed by atoms with van der Waals surface area (Å²) >= 11 is 1.58. The van der Waals surface area contributed by atoms with E-state index in [9.17, 15) is 23.7 Å². The number of nitro groups is 1. The molecule has 0 aliphatic carbocycles. The lowest BCUT2D eigenvalue weighted by Crippen LogP contribution is -2.11. The van der Waals surface area contributed by atoms with E-state index >= 15 is 0 Å². The molecule has 9 heteroatoms. The Labute approximate surface area is 107 Å². The minimum atomic E-state index is -3.14. The zero-order valence-corrected chi connectivity index (χ0v) is 10.5. The first-order valence-corrected chi connectivity index (χ1v) is 5.17. The van der Waals surface area contributed by atoms with Crippen molar-refractivity contribution in [2.75, 3.05) is 7.11 Å². The molecule has 0 radical (unpaired) electrons. The number of hydrogen-bond acceptors (Lipinski definition) is 5. The quantitative estimate of drug-likeness (QED) is 0.272. The molecule has 0 aromatic carbocycles. The topological polar surface area (TPSA) is 82.3 Å². The summed E-state index contributed by atoms with van der Waals surface area (Å²) in [7, 11) is 1.00. The van der Waals surface area contributed by atoms with Crippen molar-refractivity contribution in [3.8, 4) is 0 Å². The molecule has 0 aliphatic heterocycles. The van der Waals surface area contributed by atoms with Crippen molar-refractivity contribution in [1.82, 2.24) is 4.98 Å². The highest BCUT2D eigenvalue weighted by Gasteiger charge is 2.32. The lowest BCUT2D eigenvalue weighted by molar-refractivity contribution is -0.387. The van der Waals surface area contributed by atoms with Gasteiger partial charge >= 0.3 is 11.7 Å². The van der Waals surface area contributed by atoms with E-state index in [4.69, 9.17) is 0 Å². The molecule has 6 nitrogen and oxygen atoms in total. The zero-order valence-electron chi connectivity index (χ0n) is 8.32. The SMILES string of the molecule is COC(=O)c1cc(I)nc(C(F)F)c1[N+](=O)[O-]. The first-order valence-electron chi connectivity index (χ1n) is 4.09. The monoisotopic (exact) mass is 358 g/mol. The molecule has 1 rings (SSSR count). The van der Waals surface area contributed by atoms with Crippen LogP contribution in [0.1, 0.15) is 22.5 Å². The van der Waals surface area contributed by atoms with Crippen LogP contribution in [0.5, 0.6) is 0 Å². The fourth-order valence-corrected chi connectivity index (χ4v) is 1.71. The average Bonchev–Trinajstić information content (AvgIpc) is 2.26. The number of hydrogen-bond donors (Lipinski definition) is 0. The van der Waals surface area contributed by atoms with E-state index < -0.39 is 34.3 Å². The molecule has 0 saturated carbocycles. The summed E-state index contributed by atoms with van der Waals surface area (Å²) in [5, 5.41) is 10.7. The zero-order chi connectivity index (χ0) is 13.2. The van der Waals surface area contributed by atoms with Crippen LogP contribution in [-0.2, 0) is 4.74 Å². The summed E-state index contributed by atoms with van der Waals surface area (Å²) in [6.45, 7) is 0. The molecule has 0 atom stereocenters. The summed E-state index contributed by atoms with van der Waals surface area (Å²) in [4.78, 5) is 24.2. The van der Waals surface area contributed by atoms with Gasteiger partial charge in [-0.3, -0.25) is 10.1 Å². The summed E-state index contributed by atoms with van der Waals surface area (Å²) in [6, 6.07) is 1.02. The Morgan fingerprint density at radius 3 is 2.65 bits per heavy atom. The fraction of sp³-hybridized carbons (Fsp3) is 0.250. The van der Waals surface area contributed by atoms with Crippen LogP contribution in [0.25, 0.3) is 0 Å². The van der Waals surface area contributed by atoms with Gasteiger partial charge in [0.05, 0.1) is 12.0 Å². The Bertz CT molecular complexity index is 481. The van der Waals surface area contributed by atoms with Gasteiger partial charge in [-0.2, -0.15) is 0 Å². The Kier molecular flexibility index (Phi) is 4.26. The van der Waals surface area contributed by atoms with Gasteiger partial charge in [0.1, 0.15) is 9.26 Å². The van der Waals surface area contributed by atoms with Crippen molar-refractivity contribution in [1.29, 1.82) is 0 Å². The Morgan fingerprint density at radius 2 is 2.24 bits per heavy atom. The fourth-order valence-electron chi connectivity index (χ4n) is 1.14. The molecule has 17 heavy (non-hydrogen) atoms. The molecule has 0 fully saturated rings. The predicted molar refractivity (Wildman–Crippen MR) is 59.9 cm³/mol. The molecule has 0 unspecified atom stereocenters. The number of nitrogens with zero attached hydrogens (tertiary/aromatic N) is 2. The number of rotatable bonds is 3. The number of alkyl halides is 2. The van der Waals surface area contributed by atoms with Gasteiger partial charge in [0, 0.05) is 0 Å². The maximum Gasteiger partial charge on any atom is 0.345 e. The molecular formula is C8H5F2IN2O4. The van der Waals surface area contributed by atoms with Crippen LogP contribution in [0.3, 0.4) is 0 Å². The van der Waals surface area contributed by atoms with E-state index in [0.29, 0.717) is 0 Å². The third-order valence-corrected chi connectivity index (χ3v) is 2.34. The molecular weight excluding hydrogens is 353 g/mol. The maximum atomic E-state index is 12.6. The van der Waals surface area contributed by atoms with Crippen molar-refractivity contribution in [2.24, 2.45) is 0 Å². The molecule has 1 aromatic rings.